The van der Waals surface area contributed by atoms with Crippen molar-refractivity contribution < 1.29 is 9.47 Å². The van der Waals surface area contributed by atoms with E-state index < -0.39 is 0 Å². The van der Waals surface area contributed by atoms with E-state index in [1.54, 1.807) is 11.8 Å². The zero-order valence-corrected chi connectivity index (χ0v) is 11.4. The number of ether oxygens (including phenoxy) is 2. The molecule has 0 saturated carbocycles. The van der Waals surface area contributed by atoms with E-state index in [9.17, 15) is 0 Å². The Bertz CT molecular complexity index is 350. The number of nitrogens with one attached hydrogen (secondary N) is 1. The highest BCUT2D eigenvalue weighted by Gasteiger charge is 2.13. The third-order valence-electron chi connectivity index (χ3n) is 2.67. The summed E-state index contributed by atoms with van der Waals surface area (Å²) in [6.07, 6.45) is 0.225. The van der Waals surface area contributed by atoms with Crippen molar-refractivity contribution in [2.24, 2.45) is 7.05 Å². The number of aryl methyl sites for hydroxylation is 2. The molecule has 0 aliphatic heterocycles. The van der Waals surface area contributed by atoms with Gasteiger partial charge in [-0.15, -0.1) is 0 Å². The van der Waals surface area contributed by atoms with Gasteiger partial charge in [0.15, 0.2) is 0 Å². The molecule has 0 bridgehead atoms. The van der Waals surface area contributed by atoms with Crippen LogP contribution in [-0.2, 0) is 18.3 Å². The van der Waals surface area contributed by atoms with Crippen LogP contribution in [0.3, 0.4) is 0 Å². The Hall–Kier alpha value is -1.07. The fraction of sp³-hybridized carbons (Fsp3) is 0.750. The summed E-state index contributed by atoms with van der Waals surface area (Å²) in [4.78, 5) is 0. The molecule has 1 unspecified atom stereocenters. The molecule has 0 spiro atoms. The first kappa shape index (κ1) is 14.0. The monoisotopic (exact) mass is 241 g/mol. The van der Waals surface area contributed by atoms with Crippen LogP contribution in [0.1, 0.15) is 25.1 Å². The number of hydrogen-bond acceptors (Lipinski definition) is 4. The highest BCUT2D eigenvalue weighted by atomic mass is 16.5. The summed E-state index contributed by atoms with van der Waals surface area (Å²) in [5.41, 5.74) is 2.11. The summed E-state index contributed by atoms with van der Waals surface area (Å²) < 4.78 is 12.6. The lowest BCUT2D eigenvalue weighted by Crippen LogP contribution is -2.26. The van der Waals surface area contributed by atoms with E-state index in [1.807, 2.05) is 20.9 Å². The number of aromatic nitrogens is 2. The summed E-state index contributed by atoms with van der Waals surface area (Å²) in [5, 5.41) is 7.69. The highest BCUT2D eigenvalue weighted by Crippen LogP contribution is 2.20. The van der Waals surface area contributed by atoms with Gasteiger partial charge in [0.2, 0.25) is 5.88 Å². The van der Waals surface area contributed by atoms with Crippen LogP contribution in [0.5, 0.6) is 5.88 Å². The van der Waals surface area contributed by atoms with Gasteiger partial charge in [0, 0.05) is 26.7 Å². The van der Waals surface area contributed by atoms with Crippen molar-refractivity contribution in [1.82, 2.24) is 15.1 Å². The molecule has 5 nitrogen and oxygen atoms in total. The first-order chi connectivity index (χ1) is 8.10. The van der Waals surface area contributed by atoms with E-state index in [4.69, 9.17) is 9.47 Å². The van der Waals surface area contributed by atoms with E-state index in [0.717, 1.165) is 36.8 Å². The van der Waals surface area contributed by atoms with Crippen molar-refractivity contribution in [2.75, 3.05) is 20.3 Å². The summed E-state index contributed by atoms with van der Waals surface area (Å²) >= 11 is 0. The highest BCUT2D eigenvalue weighted by molar-refractivity contribution is 5.30. The lowest BCUT2D eigenvalue weighted by molar-refractivity contribution is 0.0759. The SMILES string of the molecule is CCOC(C)CNCc1c(C)nn(C)c1OC. The van der Waals surface area contributed by atoms with Crippen molar-refractivity contribution in [1.29, 1.82) is 0 Å². The maximum Gasteiger partial charge on any atom is 0.216 e. The standard InChI is InChI=1S/C12H23N3O2/c1-6-17-9(2)7-13-8-11-10(3)14-15(4)12(11)16-5/h9,13H,6-8H2,1-5H3. The molecular formula is C12H23N3O2. The van der Waals surface area contributed by atoms with Crippen LogP contribution in [0.25, 0.3) is 0 Å². The second-order valence-electron chi connectivity index (χ2n) is 4.09. The average Bonchev–Trinajstić information content (AvgIpc) is 2.54. The lowest BCUT2D eigenvalue weighted by Gasteiger charge is -2.12. The fourth-order valence-electron chi connectivity index (χ4n) is 1.88. The van der Waals surface area contributed by atoms with Crippen LogP contribution < -0.4 is 10.1 Å². The Kier molecular flexibility index (Phi) is 5.44. The van der Waals surface area contributed by atoms with Crippen molar-refractivity contribution >= 4 is 0 Å². The molecule has 0 radical (unpaired) electrons. The van der Waals surface area contributed by atoms with E-state index in [0.29, 0.717) is 0 Å². The van der Waals surface area contributed by atoms with Crippen molar-refractivity contribution in [3.8, 4) is 5.88 Å². The Labute approximate surface area is 103 Å². The van der Waals surface area contributed by atoms with Gasteiger partial charge in [-0.1, -0.05) is 0 Å². The van der Waals surface area contributed by atoms with Crippen molar-refractivity contribution in [2.45, 2.75) is 33.4 Å². The van der Waals surface area contributed by atoms with E-state index >= 15 is 0 Å². The molecule has 1 heterocycles. The largest absolute Gasteiger partial charge is 0.481 e. The molecule has 17 heavy (non-hydrogen) atoms. The minimum Gasteiger partial charge on any atom is -0.481 e. The first-order valence-corrected chi connectivity index (χ1v) is 5.98. The topological polar surface area (TPSA) is 48.3 Å². The van der Waals surface area contributed by atoms with Crippen LogP contribution in [0.15, 0.2) is 0 Å². The second-order valence-corrected chi connectivity index (χ2v) is 4.09. The van der Waals surface area contributed by atoms with Gasteiger partial charge in [-0.2, -0.15) is 5.10 Å². The zero-order valence-electron chi connectivity index (χ0n) is 11.4. The molecule has 0 aliphatic rings. The Morgan fingerprint density at radius 1 is 1.47 bits per heavy atom. The minimum absolute atomic E-state index is 0.225. The van der Waals surface area contributed by atoms with Crippen LogP contribution in [0.2, 0.25) is 0 Å². The molecular weight excluding hydrogens is 218 g/mol. The van der Waals surface area contributed by atoms with E-state index in [1.165, 1.54) is 0 Å². The van der Waals surface area contributed by atoms with Gasteiger partial charge in [-0.3, -0.25) is 0 Å². The predicted octanol–water partition coefficient (Wildman–Crippen LogP) is 1.25. The number of rotatable bonds is 7. The molecule has 0 aromatic carbocycles. The molecule has 5 heteroatoms. The minimum atomic E-state index is 0.225. The molecule has 0 saturated heterocycles. The molecule has 0 fully saturated rings. The lowest BCUT2D eigenvalue weighted by atomic mass is 10.2. The maximum atomic E-state index is 5.46. The Balaban J connectivity index is 2.51. The van der Waals surface area contributed by atoms with Crippen LogP contribution in [0.4, 0.5) is 0 Å². The maximum absolute atomic E-state index is 5.46. The molecule has 0 aliphatic carbocycles. The number of nitrogens with zero attached hydrogens (tertiary/aromatic N) is 2. The molecule has 1 N–H and O–H groups in total. The molecule has 1 aromatic rings. The van der Waals surface area contributed by atoms with Gasteiger partial charge < -0.3 is 14.8 Å². The van der Waals surface area contributed by atoms with Crippen LogP contribution in [-0.4, -0.2) is 36.1 Å². The third kappa shape index (κ3) is 3.71. The Morgan fingerprint density at radius 2 is 2.18 bits per heavy atom. The fourth-order valence-corrected chi connectivity index (χ4v) is 1.88. The van der Waals surface area contributed by atoms with Gasteiger partial charge >= 0.3 is 0 Å². The molecule has 1 rings (SSSR count). The molecule has 1 aromatic heterocycles. The number of methoxy groups -OCH3 is 1. The normalized spacial score (nSPS) is 12.8. The third-order valence-corrected chi connectivity index (χ3v) is 2.67. The number of hydrogen-bond donors (Lipinski definition) is 1. The van der Waals surface area contributed by atoms with E-state index in [-0.39, 0.29) is 6.10 Å². The summed E-state index contributed by atoms with van der Waals surface area (Å²) in [6, 6.07) is 0. The predicted molar refractivity (Wildman–Crippen MR) is 67.3 cm³/mol. The molecule has 0 amide bonds. The van der Waals surface area contributed by atoms with Gasteiger partial charge in [0.1, 0.15) is 0 Å². The summed E-state index contributed by atoms with van der Waals surface area (Å²) in [7, 11) is 3.56. The van der Waals surface area contributed by atoms with E-state index in [2.05, 4.69) is 17.3 Å². The smallest absolute Gasteiger partial charge is 0.216 e. The van der Waals surface area contributed by atoms with Gasteiger partial charge in [-0.25, -0.2) is 4.68 Å². The zero-order chi connectivity index (χ0) is 12.8. The average molecular weight is 241 g/mol. The first-order valence-electron chi connectivity index (χ1n) is 5.98. The van der Waals surface area contributed by atoms with Gasteiger partial charge in [0.25, 0.3) is 0 Å². The van der Waals surface area contributed by atoms with Crippen LogP contribution >= 0.6 is 0 Å². The Morgan fingerprint density at radius 3 is 2.76 bits per heavy atom. The van der Waals surface area contributed by atoms with Gasteiger partial charge in [0.05, 0.1) is 24.5 Å². The second kappa shape index (κ2) is 6.61. The van der Waals surface area contributed by atoms with Gasteiger partial charge in [-0.05, 0) is 20.8 Å². The summed E-state index contributed by atoms with van der Waals surface area (Å²) in [6.45, 7) is 8.38. The quantitative estimate of drug-likeness (QED) is 0.780. The van der Waals surface area contributed by atoms with Crippen molar-refractivity contribution in [3.63, 3.8) is 0 Å². The van der Waals surface area contributed by atoms with Crippen LogP contribution in [0, 0.1) is 6.92 Å². The molecule has 1 atom stereocenters. The molecule has 98 valence electrons. The van der Waals surface area contributed by atoms with Crippen molar-refractivity contribution in [3.05, 3.63) is 11.3 Å². The summed E-state index contributed by atoms with van der Waals surface area (Å²) in [5.74, 6) is 0.819.